The van der Waals surface area contributed by atoms with Crippen LogP contribution in [0.4, 0.5) is 29.5 Å². The number of benzene rings is 2. The van der Waals surface area contributed by atoms with E-state index in [1.807, 2.05) is 0 Å². The fraction of sp³-hybridized carbons (Fsp3) is 0.111. The van der Waals surface area contributed by atoms with E-state index in [9.17, 15) is 18.0 Å². The molecule has 0 atom stereocenters. The van der Waals surface area contributed by atoms with E-state index >= 15 is 0 Å². The molecule has 3 rings (SSSR count). The molecule has 3 N–H and O–H groups in total. The Morgan fingerprint density at radius 2 is 2.00 bits per heavy atom. The highest BCUT2D eigenvalue weighted by Crippen LogP contribution is 2.26. The quantitative estimate of drug-likeness (QED) is 0.477. The van der Waals surface area contributed by atoms with E-state index in [1.165, 1.54) is 0 Å². The van der Waals surface area contributed by atoms with Crippen LogP contribution in [0.5, 0.6) is 5.75 Å². The van der Waals surface area contributed by atoms with Crippen LogP contribution in [0.15, 0.2) is 30.3 Å². The molecule has 0 aliphatic heterocycles. The van der Waals surface area contributed by atoms with Gasteiger partial charge in [0, 0.05) is 5.39 Å². The summed E-state index contributed by atoms with van der Waals surface area (Å²) in [6.07, 6.45) is 0. The summed E-state index contributed by atoms with van der Waals surface area (Å²) in [6, 6.07) is 5.80. The van der Waals surface area contributed by atoms with Crippen molar-refractivity contribution in [2.75, 3.05) is 17.2 Å². The van der Waals surface area contributed by atoms with Gasteiger partial charge in [0.1, 0.15) is 12.4 Å². The van der Waals surface area contributed by atoms with Crippen molar-refractivity contribution in [3.05, 3.63) is 47.8 Å². The largest absolute Gasteiger partial charge is 0.481 e. The van der Waals surface area contributed by atoms with Gasteiger partial charge in [0.25, 0.3) is 0 Å². The first-order chi connectivity index (χ1) is 13.0. The van der Waals surface area contributed by atoms with Gasteiger partial charge in [-0.3, -0.25) is 10.4 Å². The third kappa shape index (κ3) is 3.95. The summed E-state index contributed by atoms with van der Waals surface area (Å²) in [5.41, 5.74) is 0.117. The van der Waals surface area contributed by atoms with E-state index in [-0.39, 0.29) is 12.4 Å². The number of fused-ring (bicyclic) bond motifs is 1. The van der Waals surface area contributed by atoms with E-state index in [0.29, 0.717) is 22.7 Å². The van der Waals surface area contributed by atoms with Gasteiger partial charge in [-0.15, -0.1) is 5.92 Å². The number of nitrogens with zero attached hydrogens (tertiary/aromatic N) is 1. The van der Waals surface area contributed by atoms with Crippen molar-refractivity contribution in [3.63, 3.8) is 0 Å². The lowest BCUT2D eigenvalue weighted by atomic mass is 10.2. The summed E-state index contributed by atoms with van der Waals surface area (Å²) >= 11 is 0. The van der Waals surface area contributed by atoms with Crippen LogP contribution in [-0.4, -0.2) is 22.8 Å². The number of hydrogen-bond acceptors (Lipinski definition) is 3. The van der Waals surface area contributed by atoms with E-state index in [4.69, 9.17) is 4.74 Å². The maximum absolute atomic E-state index is 13.6. The second-order valence-electron chi connectivity index (χ2n) is 5.30. The third-order valence-electron chi connectivity index (χ3n) is 3.54. The van der Waals surface area contributed by atoms with Crippen LogP contribution in [0.3, 0.4) is 0 Å². The molecule has 9 heteroatoms. The number of carbonyl (C=O) groups excluding carboxylic acids is 1. The van der Waals surface area contributed by atoms with Crippen LogP contribution in [0.25, 0.3) is 10.9 Å². The summed E-state index contributed by atoms with van der Waals surface area (Å²) in [7, 11) is 0. The first kappa shape index (κ1) is 18.1. The minimum absolute atomic E-state index is 0.150. The molecule has 0 aliphatic rings. The van der Waals surface area contributed by atoms with Gasteiger partial charge >= 0.3 is 6.03 Å². The maximum atomic E-state index is 13.6. The average Bonchev–Trinajstić information content (AvgIpc) is 3.04. The highest BCUT2D eigenvalue weighted by Gasteiger charge is 2.16. The lowest BCUT2D eigenvalue weighted by molar-refractivity contribution is 0.262. The number of rotatable bonds is 4. The Labute approximate surface area is 151 Å². The molecule has 0 fully saturated rings. The molecule has 0 unspecified atom stereocenters. The Bertz CT molecular complexity index is 1070. The number of amides is 2. The Balaban J connectivity index is 1.77. The number of hydrogen-bond donors (Lipinski definition) is 3. The number of H-pyrrole nitrogens is 1. The molecule has 0 saturated carbocycles. The Kier molecular flexibility index (Phi) is 5.17. The predicted molar refractivity (Wildman–Crippen MR) is 94.0 cm³/mol. The second-order valence-corrected chi connectivity index (χ2v) is 5.30. The van der Waals surface area contributed by atoms with Crippen molar-refractivity contribution in [3.8, 4) is 17.6 Å². The number of aromatic amines is 1. The molecule has 6 nitrogen and oxygen atoms in total. The summed E-state index contributed by atoms with van der Waals surface area (Å²) in [5, 5.41) is 11.7. The van der Waals surface area contributed by atoms with Gasteiger partial charge < -0.3 is 10.1 Å². The molecule has 0 spiro atoms. The number of ether oxygens (including phenoxy) is 1. The van der Waals surface area contributed by atoms with Gasteiger partial charge in [-0.05, 0) is 37.3 Å². The second kappa shape index (κ2) is 7.70. The van der Waals surface area contributed by atoms with Crippen molar-refractivity contribution >= 4 is 28.4 Å². The van der Waals surface area contributed by atoms with E-state index in [2.05, 4.69) is 32.7 Å². The van der Waals surface area contributed by atoms with Crippen molar-refractivity contribution in [1.82, 2.24) is 10.2 Å². The van der Waals surface area contributed by atoms with E-state index < -0.39 is 29.2 Å². The first-order valence-corrected chi connectivity index (χ1v) is 7.71. The molecule has 3 aromatic rings. The zero-order valence-electron chi connectivity index (χ0n) is 14.0. The minimum Gasteiger partial charge on any atom is -0.481 e. The van der Waals surface area contributed by atoms with Crippen LogP contribution >= 0.6 is 0 Å². The lowest BCUT2D eigenvalue weighted by Gasteiger charge is -2.08. The summed E-state index contributed by atoms with van der Waals surface area (Å²) < 4.78 is 45.3. The lowest BCUT2D eigenvalue weighted by Crippen LogP contribution is -2.21. The Morgan fingerprint density at radius 1 is 1.19 bits per heavy atom. The molecule has 27 heavy (non-hydrogen) atoms. The minimum atomic E-state index is -1.67. The van der Waals surface area contributed by atoms with Crippen molar-refractivity contribution < 1.29 is 22.7 Å². The van der Waals surface area contributed by atoms with Gasteiger partial charge in [-0.1, -0.05) is 5.92 Å². The van der Waals surface area contributed by atoms with Crippen LogP contribution in [0, 0.1) is 29.3 Å². The molecule has 0 bridgehead atoms. The number of nitrogens with one attached hydrogen (secondary N) is 3. The highest BCUT2D eigenvalue weighted by atomic mass is 19.2. The summed E-state index contributed by atoms with van der Waals surface area (Å²) in [6.45, 7) is 1.90. The third-order valence-corrected chi connectivity index (χ3v) is 3.54. The van der Waals surface area contributed by atoms with Crippen LogP contribution in [0.1, 0.15) is 6.92 Å². The SMILES string of the molecule is CC#CCOc1ccc2[nH]nc(NC(=O)Nc3ccc(F)c(F)c3F)c2c1. The maximum Gasteiger partial charge on any atom is 0.324 e. The molecule has 2 amide bonds. The van der Waals surface area contributed by atoms with Crippen LogP contribution < -0.4 is 15.4 Å². The number of carbonyl (C=O) groups is 1. The number of anilines is 2. The molecule has 2 aromatic carbocycles. The summed E-state index contributed by atoms with van der Waals surface area (Å²) in [4.78, 5) is 12.1. The monoisotopic (exact) mass is 374 g/mol. The molecule has 1 aromatic heterocycles. The molecule has 0 aliphatic carbocycles. The Morgan fingerprint density at radius 3 is 2.78 bits per heavy atom. The fourth-order valence-electron chi connectivity index (χ4n) is 2.25. The molecular weight excluding hydrogens is 361 g/mol. The summed E-state index contributed by atoms with van der Waals surface area (Å²) in [5.74, 6) is 1.61. The molecular formula is C18H13F3N4O2. The first-order valence-electron chi connectivity index (χ1n) is 7.71. The Hall–Kier alpha value is -3.67. The fourth-order valence-corrected chi connectivity index (χ4v) is 2.25. The van der Waals surface area contributed by atoms with Crippen molar-refractivity contribution in [2.24, 2.45) is 0 Å². The normalized spacial score (nSPS) is 10.2. The van der Waals surface area contributed by atoms with Gasteiger partial charge in [0.15, 0.2) is 23.3 Å². The number of halogens is 3. The zero-order valence-corrected chi connectivity index (χ0v) is 14.0. The number of aromatic nitrogens is 2. The van der Waals surface area contributed by atoms with Gasteiger partial charge in [0.05, 0.1) is 11.2 Å². The molecule has 0 radical (unpaired) electrons. The highest BCUT2D eigenvalue weighted by molar-refractivity contribution is 6.04. The molecule has 138 valence electrons. The van der Waals surface area contributed by atoms with Gasteiger partial charge in [-0.25, -0.2) is 18.0 Å². The van der Waals surface area contributed by atoms with E-state index in [0.717, 1.165) is 6.07 Å². The van der Waals surface area contributed by atoms with Crippen LogP contribution in [0.2, 0.25) is 0 Å². The average molecular weight is 374 g/mol. The van der Waals surface area contributed by atoms with Gasteiger partial charge in [0.2, 0.25) is 0 Å². The zero-order chi connectivity index (χ0) is 19.4. The topological polar surface area (TPSA) is 79.0 Å². The molecule has 0 saturated heterocycles. The van der Waals surface area contributed by atoms with Crippen molar-refractivity contribution in [2.45, 2.75) is 6.92 Å². The van der Waals surface area contributed by atoms with Gasteiger partial charge in [-0.2, -0.15) is 5.10 Å². The number of urea groups is 1. The van der Waals surface area contributed by atoms with Crippen molar-refractivity contribution in [1.29, 1.82) is 0 Å². The van der Waals surface area contributed by atoms with E-state index in [1.54, 1.807) is 25.1 Å². The van der Waals surface area contributed by atoms with Crippen LogP contribution in [-0.2, 0) is 0 Å². The molecule has 1 heterocycles. The standard InChI is InChI=1S/C18H13F3N4O2/c1-2-3-8-27-10-4-6-13-11(9-10)17(25-24-13)23-18(26)22-14-7-5-12(19)15(20)16(14)21/h4-7,9H,8H2,1H3,(H3,22,23,24,25,26). The smallest absolute Gasteiger partial charge is 0.324 e. The predicted octanol–water partition coefficient (Wildman–Crippen LogP) is 4.03.